The van der Waals surface area contributed by atoms with Gasteiger partial charge in [-0.15, -0.1) is 0 Å². The lowest BCUT2D eigenvalue weighted by molar-refractivity contribution is -0.122. The Kier molecular flexibility index (Phi) is 10.7. The molecule has 1 aromatic carbocycles. The number of benzene rings is 1. The Bertz CT molecular complexity index is 1110. The second-order valence-electron chi connectivity index (χ2n) is 11.3. The third-order valence-electron chi connectivity index (χ3n) is 6.60. The Hall–Kier alpha value is -2.51. The number of hydrogen-bond donors (Lipinski definition) is 2. The van der Waals surface area contributed by atoms with Crippen LogP contribution in [0, 0.1) is 12.3 Å². The zero-order chi connectivity index (χ0) is 28.0. The van der Waals surface area contributed by atoms with Crippen molar-refractivity contribution >= 4 is 29.7 Å². The molecule has 0 fully saturated rings. The molecule has 0 bridgehead atoms. The van der Waals surface area contributed by atoms with Crippen LogP contribution in [-0.2, 0) is 17.8 Å². The minimum atomic E-state index is -0.500. The van der Waals surface area contributed by atoms with E-state index in [2.05, 4.69) is 61.4 Å². The minimum absolute atomic E-state index is 0.250. The second-order valence-corrected chi connectivity index (χ2v) is 12.1. The summed E-state index contributed by atoms with van der Waals surface area (Å²) in [6, 6.07) is 4.54. The molecule has 2 aliphatic rings. The molecule has 37 heavy (non-hydrogen) atoms. The van der Waals surface area contributed by atoms with Crippen molar-refractivity contribution in [2.75, 3.05) is 17.7 Å². The van der Waals surface area contributed by atoms with Crippen LogP contribution in [0.1, 0.15) is 83.1 Å². The number of allylic oxidation sites excluding steroid dienone is 2. The van der Waals surface area contributed by atoms with E-state index in [1.165, 1.54) is 51.1 Å². The lowest BCUT2D eigenvalue weighted by atomic mass is 9.75. The molecule has 2 heterocycles. The summed E-state index contributed by atoms with van der Waals surface area (Å²) in [7, 11) is 1.69. The van der Waals surface area contributed by atoms with Crippen LogP contribution in [0.5, 0.6) is 5.88 Å². The first-order chi connectivity index (χ1) is 17.3. The van der Waals surface area contributed by atoms with Crippen molar-refractivity contribution in [3.8, 4) is 17.0 Å². The van der Waals surface area contributed by atoms with E-state index in [4.69, 9.17) is 19.7 Å². The van der Waals surface area contributed by atoms with E-state index >= 15 is 0 Å². The van der Waals surface area contributed by atoms with E-state index in [1.807, 2.05) is 6.20 Å². The lowest BCUT2D eigenvalue weighted by Crippen LogP contribution is -2.22. The van der Waals surface area contributed by atoms with E-state index in [1.54, 1.807) is 39.8 Å². The number of anilines is 1. The smallest absolute Gasteiger partial charge is 0.290 e. The van der Waals surface area contributed by atoms with E-state index in [0.29, 0.717) is 11.3 Å². The summed E-state index contributed by atoms with van der Waals surface area (Å²) >= 11 is 1.80. The van der Waals surface area contributed by atoms with Crippen molar-refractivity contribution in [1.82, 2.24) is 4.98 Å². The number of aliphatic hydroxyl groups is 1. The molecule has 0 saturated carbocycles. The summed E-state index contributed by atoms with van der Waals surface area (Å²) in [6.07, 6.45) is 11.3. The Morgan fingerprint density at radius 3 is 2.32 bits per heavy atom. The maximum absolute atomic E-state index is 8.52. The fourth-order valence-corrected chi connectivity index (χ4v) is 5.47. The highest BCUT2D eigenvalue weighted by Gasteiger charge is 2.29. The van der Waals surface area contributed by atoms with Gasteiger partial charge in [-0.1, -0.05) is 38.8 Å². The third-order valence-corrected chi connectivity index (χ3v) is 7.35. The summed E-state index contributed by atoms with van der Waals surface area (Å²) < 4.78 is 7.81. The highest BCUT2D eigenvalue weighted by atomic mass is 32.2. The molecular formula is C30H44N2O4S. The van der Waals surface area contributed by atoms with Crippen LogP contribution < -0.4 is 9.04 Å². The first-order valence-electron chi connectivity index (χ1n) is 12.8. The van der Waals surface area contributed by atoms with Gasteiger partial charge in [0.05, 0.1) is 24.9 Å². The highest BCUT2D eigenvalue weighted by molar-refractivity contribution is 7.99. The van der Waals surface area contributed by atoms with Gasteiger partial charge in [-0.2, -0.15) is 0 Å². The van der Waals surface area contributed by atoms with Gasteiger partial charge in [0.15, 0.2) is 0 Å². The van der Waals surface area contributed by atoms with Gasteiger partial charge in [0, 0.05) is 29.6 Å². The Morgan fingerprint density at radius 1 is 1.22 bits per heavy atom. The third kappa shape index (κ3) is 7.99. The first-order valence-corrected chi connectivity index (χ1v) is 14.0. The van der Waals surface area contributed by atoms with Crippen LogP contribution in [0.15, 0.2) is 24.4 Å². The quantitative estimate of drug-likeness (QED) is 0.318. The van der Waals surface area contributed by atoms with Crippen LogP contribution in [0.3, 0.4) is 0 Å². The lowest BCUT2D eigenvalue weighted by Gasteiger charge is -2.35. The largest absolute Gasteiger partial charge is 0.483 e. The predicted molar refractivity (Wildman–Crippen MR) is 156 cm³/mol. The molecule has 0 unspecified atom stereocenters. The highest BCUT2D eigenvalue weighted by Crippen LogP contribution is 2.48. The SMILES string of the molecule is CC(C)(C)O.CCc1c(C2=CCC(C)(C)CC2)cc2c(c1C)N(SC)Cc1cc(OC)ncc1-2.O=CO. The number of nitrogens with zero attached hydrogens (tertiary/aromatic N) is 2. The van der Waals surface area contributed by atoms with Crippen LogP contribution in [0.2, 0.25) is 0 Å². The van der Waals surface area contributed by atoms with Crippen LogP contribution >= 0.6 is 11.9 Å². The molecule has 0 amide bonds. The average Bonchev–Trinajstić information content (AvgIpc) is 2.82. The van der Waals surface area contributed by atoms with Crippen LogP contribution in [0.25, 0.3) is 16.7 Å². The normalized spacial score (nSPS) is 15.6. The monoisotopic (exact) mass is 528 g/mol. The molecule has 1 aliphatic carbocycles. The van der Waals surface area contributed by atoms with Crippen molar-refractivity contribution in [2.24, 2.45) is 5.41 Å². The molecule has 0 radical (unpaired) electrons. The Balaban J connectivity index is 0.000000530. The van der Waals surface area contributed by atoms with Crippen LogP contribution in [0.4, 0.5) is 5.69 Å². The summed E-state index contributed by atoms with van der Waals surface area (Å²) in [5.41, 5.74) is 11.0. The van der Waals surface area contributed by atoms with Gasteiger partial charge in [0.2, 0.25) is 5.88 Å². The zero-order valence-corrected chi connectivity index (χ0v) is 24.8. The summed E-state index contributed by atoms with van der Waals surface area (Å²) in [4.78, 5) is 12.9. The number of rotatable bonds is 4. The first kappa shape index (κ1) is 30.7. The van der Waals surface area contributed by atoms with Gasteiger partial charge < -0.3 is 19.3 Å². The number of carbonyl (C=O) groups is 1. The minimum Gasteiger partial charge on any atom is -0.483 e. The average molecular weight is 529 g/mol. The van der Waals surface area contributed by atoms with Gasteiger partial charge in [0.25, 0.3) is 6.47 Å². The number of aromatic nitrogens is 1. The standard InChI is InChI=1S/C25H32N2OS.C4H10O.CH2O2/c1-7-19-16(2)24-21(13-20(19)17-8-10-25(3,4)11-9-17)22-14-26-23(28-5)12-18(22)15-27(24)29-6;1-4(2,3)5;2-1-3/h8,12-14H,7,9-11,15H2,1-6H3;5H,1-3H3;1H,(H,2,3). The van der Waals surface area contributed by atoms with E-state index in [9.17, 15) is 0 Å². The van der Waals surface area contributed by atoms with E-state index in [0.717, 1.165) is 25.8 Å². The Labute approximate surface area is 227 Å². The topological polar surface area (TPSA) is 82.9 Å². The summed E-state index contributed by atoms with van der Waals surface area (Å²) in [6.45, 7) is 15.2. The number of hydrogen-bond acceptors (Lipinski definition) is 6. The van der Waals surface area contributed by atoms with Gasteiger partial charge >= 0.3 is 0 Å². The Morgan fingerprint density at radius 2 is 1.84 bits per heavy atom. The predicted octanol–water partition coefficient (Wildman–Crippen LogP) is 7.30. The molecule has 0 atom stereocenters. The fourth-order valence-electron chi connectivity index (χ4n) is 4.79. The molecule has 0 spiro atoms. The molecule has 7 heteroatoms. The molecule has 2 N–H and O–H groups in total. The molecular weight excluding hydrogens is 484 g/mol. The number of fused-ring (bicyclic) bond motifs is 3. The van der Waals surface area contributed by atoms with Gasteiger partial charge in [-0.3, -0.25) is 4.79 Å². The van der Waals surface area contributed by atoms with Gasteiger partial charge in [-0.05, 0) is 92.7 Å². The molecule has 2 aromatic rings. The van der Waals surface area contributed by atoms with Gasteiger partial charge in [0.1, 0.15) is 0 Å². The molecule has 0 saturated heterocycles. The zero-order valence-electron chi connectivity index (χ0n) is 23.9. The molecule has 204 valence electrons. The molecule has 1 aromatic heterocycles. The molecule has 4 rings (SSSR count). The van der Waals surface area contributed by atoms with Crippen molar-refractivity contribution < 1.29 is 19.7 Å². The maximum Gasteiger partial charge on any atom is 0.290 e. The van der Waals surface area contributed by atoms with E-state index < -0.39 is 5.60 Å². The molecule has 1 aliphatic heterocycles. The maximum atomic E-state index is 8.52. The van der Waals surface area contributed by atoms with Gasteiger partial charge in [-0.25, -0.2) is 4.98 Å². The number of carboxylic acid groups (broad SMARTS) is 1. The van der Waals surface area contributed by atoms with Crippen molar-refractivity contribution in [3.63, 3.8) is 0 Å². The summed E-state index contributed by atoms with van der Waals surface area (Å²) in [5.74, 6) is 0.688. The number of pyridine rings is 1. The second kappa shape index (κ2) is 12.8. The van der Waals surface area contributed by atoms with Crippen molar-refractivity contribution in [2.45, 2.75) is 86.3 Å². The van der Waals surface area contributed by atoms with E-state index in [-0.39, 0.29) is 6.47 Å². The number of methoxy groups -OCH3 is 1. The summed E-state index contributed by atoms with van der Waals surface area (Å²) in [5, 5.41) is 15.4. The van der Waals surface area contributed by atoms with Crippen LogP contribution in [-0.4, -0.2) is 40.6 Å². The van der Waals surface area contributed by atoms with Crippen molar-refractivity contribution in [1.29, 1.82) is 0 Å². The molecule has 6 nitrogen and oxygen atoms in total. The van der Waals surface area contributed by atoms with Crippen molar-refractivity contribution in [3.05, 3.63) is 46.7 Å². The fraction of sp³-hybridized carbons (Fsp3) is 0.533. The number of ether oxygens (including phenoxy) is 1.